The second kappa shape index (κ2) is 8.16. The minimum atomic E-state index is -0.662. The van der Waals surface area contributed by atoms with Gasteiger partial charge in [-0.1, -0.05) is 36.2 Å². The van der Waals surface area contributed by atoms with E-state index in [4.69, 9.17) is 23.2 Å². The normalized spacial score (nSPS) is 20.6. The highest BCUT2D eigenvalue weighted by molar-refractivity contribution is 6.35. The van der Waals surface area contributed by atoms with Crippen molar-refractivity contribution in [1.82, 2.24) is 10.2 Å². The summed E-state index contributed by atoms with van der Waals surface area (Å²) in [4.78, 5) is 13.7. The minimum Gasteiger partial charge on any atom is -0.387 e. The monoisotopic (exact) mass is 344 g/mol. The molecule has 0 aromatic heterocycles. The number of aliphatic hydroxyl groups is 1. The molecule has 1 aliphatic rings. The van der Waals surface area contributed by atoms with Crippen molar-refractivity contribution in [2.24, 2.45) is 0 Å². The zero-order chi connectivity index (χ0) is 16.1. The van der Waals surface area contributed by atoms with Crippen LogP contribution in [-0.2, 0) is 4.79 Å². The van der Waals surface area contributed by atoms with Gasteiger partial charge in [-0.05, 0) is 31.5 Å². The first-order chi connectivity index (χ1) is 10.5. The molecule has 1 saturated heterocycles. The SMILES string of the molecule is CCC(=O)N[C@H]1CCCN(C[C@@H](O)c2ccc(Cl)cc2Cl)C1. The van der Waals surface area contributed by atoms with Crippen LogP contribution in [0.5, 0.6) is 0 Å². The number of benzene rings is 1. The van der Waals surface area contributed by atoms with Crippen LogP contribution in [0.25, 0.3) is 0 Å². The van der Waals surface area contributed by atoms with Crippen LogP contribution >= 0.6 is 23.2 Å². The van der Waals surface area contributed by atoms with Crippen LogP contribution in [0.2, 0.25) is 10.0 Å². The largest absolute Gasteiger partial charge is 0.387 e. The minimum absolute atomic E-state index is 0.0770. The van der Waals surface area contributed by atoms with E-state index in [0.29, 0.717) is 28.6 Å². The third kappa shape index (κ3) is 4.85. The maximum absolute atomic E-state index is 11.5. The van der Waals surface area contributed by atoms with Gasteiger partial charge < -0.3 is 10.4 Å². The molecular formula is C16H22Cl2N2O2. The van der Waals surface area contributed by atoms with E-state index >= 15 is 0 Å². The van der Waals surface area contributed by atoms with Crippen LogP contribution in [0.4, 0.5) is 0 Å². The molecule has 22 heavy (non-hydrogen) atoms. The van der Waals surface area contributed by atoms with Gasteiger partial charge in [0.15, 0.2) is 0 Å². The third-order valence-corrected chi connectivity index (χ3v) is 4.51. The van der Waals surface area contributed by atoms with Crippen LogP contribution in [0, 0.1) is 0 Å². The summed E-state index contributed by atoms with van der Waals surface area (Å²) in [7, 11) is 0. The molecule has 2 atom stereocenters. The van der Waals surface area contributed by atoms with E-state index in [0.717, 1.165) is 25.9 Å². The van der Waals surface area contributed by atoms with E-state index in [2.05, 4.69) is 10.2 Å². The van der Waals surface area contributed by atoms with E-state index in [-0.39, 0.29) is 11.9 Å². The summed E-state index contributed by atoms with van der Waals surface area (Å²) in [5.74, 6) is 0.0770. The van der Waals surface area contributed by atoms with Gasteiger partial charge in [0, 0.05) is 41.2 Å². The van der Waals surface area contributed by atoms with Crippen molar-refractivity contribution in [3.05, 3.63) is 33.8 Å². The average molecular weight is 345 g/mol. The molecule has 0 spiro atoms. The Balaban J connectivity index is 1.93. The Hall–Kier alpha value is -0.810. The summed E-state index contributed by atoms with van der Waals surface area (Å²) in [5.41, 5.74) is 0.686. The van der Waals surface area contributed by atoms with Gasteiger partial charge in [0.05, 0.1) is 6.10 Å². The van der Waals surface area contributed by atoms with Crippen molar-refractivity contribution in [1.29, 1.82) is 0 Å². The Labute approximate surface area is 141 Å². The molecule has 122 valence electrons. The van der Waals surface area contributed by atoms with Gasteiger partial charge in [0.1, 0.15) is 0 Å². The van der Waals surface area contributed by atoms with E-state index in [1.54, 1.807) is 18.2 Å². The van der Waals surface area contributed by atoms with Gasteiger partial charge in [-0.3, -0.25) is 9.69 Å². The number of likely N-dealkylation sites (tertiary alicyclic amines) is 1. The van der Waals surface area contributed by atoms with E-state index in [1.807, 2.05) is 6.92 Å². The average Bonchev–Trinajstić information content (AvgIpc) is 2.47. The third-order valence-electron chi connectivity index (χ3n) is 3.94. The molecule has 0 saturated carbocycles. The molecule has 1 aromatic carbocycles. The lowest BCUT2D eigenvalue weighted by Gasteiger charge is -2.34. The van der Waals surface area contributed by atoms with Crippen LogP contribution in [0.15, 0.2) is 18.2 Å². The molecule has 1 fully saturated rings. The molecule has 1 aliphatic heterocycles. The highest BCUT2D eigenvalue weighted by Gasteiger charge is 2.23. The molecule has 1 heterocycles. The fraction of sp³-hybridized carbons (Fsp3) is 0.562. The summed E-state index contributed by atoms with van der Waals surface area (Å²) in [6.45, 7) is 4.02. The number of β-amino-alcohol motifs (C(OH)–C–C–N with tert-alkyl or cyclic N) is 1. The van der Waals surface area contributed by atoms with Crippen molar-refractivity contribution in [3.63, 3.8) is 0 Å². The summed E-state index contributed by atoms with van der Waals surface area (Å²) in [6, 6.07) is 5.29. The van der Waals surface area contributed by atoms with Crippen LogP contribution in [-0.4, -0.2) is 41.6 Å². The Bertz CT molecular complexity index is 525. The number of aliphatic hydroxyl groups excluding tert-OH is 1. The molecule has 0 radical (unpaired) electrons. The Morgan fingerprint density at radius 1 is 1.50 bits per heavy atom. The van der Waals surface area contributed by atoms with E-state index < -0.39 is 6.10 Å². The number of halogens is 2. The van der Waals surface area contributed by atoms with Crippen molar-refractivity contribution in [3.8, 4) is 0 Å². The number of hydrogen-bond acceptors (Lipinski definition) is 3. The predicted molar refractivity (Wildman–Crippen MR) is 89.3 cm³/mol. The van der Waals surface area contributed by atoms with Gasteiger partial charge in [-0.2, -0.15) is 0 Å². The van der Waals surface area contributed by atoms with Gasteiger partial charge in [0.2, 0.25) is 5.91 Å². The first-order valence-electron chi connectivity index (χ1n) is 7.64. The lowest BCUT2D eigenvalue weighted by molar-refractivity contribution is -0.121. The highest BCUT2D eigenvalue weighted by Crippen LogP contribution is 2.27. The molecule has 1 aromatic rings. The molecule has 0 unspecified atom stereocenters. The standard InChI is InChI=1S/C16H22Cl2N2O2/c1-2-16(22)19-12-4-3-7-20(9-12)10-15(21)13-6-5-11(17)8-14(13)18/h5-6,8,12,15,21H,2-4,7,9-10H2,1H3,(H,19,22)/t12-,15+/m0/s1. The number of carbonyl (C=O) groups excluding carboxylic acids is 1. The first-order valence-corrected chi connectivity index (χ1v) is 8.40. The summed E-state index contributed by atoms with van der Waals surface area (Å²) in [5, 5.41) is 14.5. The number of carbonyl (C=O) groups is 1. The maximum atomic E-state index is 11.5. The smallest absolute Gasteiger partial charge is 0.219 e. The summed E-state index contributed by atoms with van der Waals surface area (Å²) >= 11 is 12.0. The Morgan fingerprint density at radius 3 is 2.95 bits per heavy atom. The van der Waals surface area contributed by atoms with Crippen LogP contribution < -0.4 is 5.32 Å². The number of nitrogens with one attached hydrogen (secondary N) is 1. The number of hydrogen-bond donors (Lipinski definition) is 2. The van der Waals surface area contributed by atoms with Crippen LogP contribution in [0.3, 0.4) is 0 Å². The first kappa shape index (κ1) is 17.5. The molecule has 4 nitrogen and oxygen atoms in total. The molecule has 6 heteroatoms. The topological polar surface area (TPSA) is 52.6 Å². The molecular weight excluding hydrogens is 323 g/mol. The number of amides is 1. The second-order valence-electron chi connectivity index (χ2n) is 5.70. The van der Waals surface area contributed by atoms with Crippen LogP contribution in [0.1, 0.15) is 37.9 Å². The molecule has 0 bridgehead atoms. The fourth-order valence-corrected chi connectivity index (χ4v) is 3.32. The Morgan fingerprint density at radius 2 is 2.27 bits per heavy atom. The maximum Gasteiger partial charge on any atom is 0.219 e. The molecule has 2 N–H and O–H groups in total. The van der Waals surface area contributed by atoms with Crippen molar-refractivity contribution in [2.45, 2.75) is 38.3 Å². The molecule has 1 amide bonds. The summed E-state index contributed by atoms with van der Waals surface area (Å²) in [6.07, 6.45) is 1.83. The van der Waals surface area contributed by atoms with E-state index in [9.17, 15) is 9.90 Å². The van der Waals surface area contributed by atoms with Crippen molar-refractivity contribution < 1.29 is 9.90 Å². The number of piperidine rings is 1. The quantitative estimate of drug-likeness (QED) is 0.863. The zero-order valence-electron chi connectivity index (χ0n) is 12.7. The van der Waals surface area contributed by atoms with Crippen molar-refractivity contribution >= 4 is 29.1 Å². The van der Waals surface area contributed by atoms with Gasteiger partial charge in [-0.15, -0.1) is 0 Å². The zero-order valence-corrected chi connectivity index (χ0v) is 14.2. The highest BCUT2D eigenvalue weighted by atomic mass is 35.5. The fourth-order valence-electron chi connectivity index (χ4n) is 2.78. The lowest BCUT2D eigenvalue weighted by Crippen LogP contribution is -2.48. The Kier molecular flexibility index (Phi) is 6.50. The number of rotatable bonds is 5. The van der Waals surface area contributed by atoms with Gasteiger partial charge >= 0.3 is 0 Å². The van der Waals surface area contributed by atoms with Crippen molar-refractivity contribution in [2.75, 3.05) is 19.6 Å². The van der Waals surface area contributed by atoms with Gasteiger partial charge in [0.25, 0.3) is 0 Å². The number of nitrogens with zero attached hydrogens (tertiary/aromatic N) is 1. The predicted octanol–water partition coefficient (Wildman–Crippen LogP) is 3.02. The molecule has 2 rings (SSSR count). The summed E-state index contributed by atoms with van der Waals surface area (Å²) < 4.78 is 0. The lowest BCUT2D eigenvalue weighted by atomic mass is 10.0. The second-order valence-corrected chi connectivity index (χ2v) is 6.55. The van der Waals surface area contributed by atoms with E-state index in [1.165, 1.54) is 0 Å². The molecule has 0 aliphatic carbocycles. The van der Waals surface area contributed by atoms with Gasteiger partial charge in [-0.25, -0.2) is 0 Å².